The summed E-state index contributed by atoms with van der Waals surface area (Å²) in [7, 11) is 0. The minimum Gasteiger partial charge on any atom is -0.486 e. The van der Waals surface area contributed by atoms with E-state index in [4.69, 9.17) is 28.1 Å². The molecule has 9 heteroatoms. The molecule has 35 heavy (non-hydrogen) atoms. The highest BCUT2D eigenvalue weighted by Crippen LogP contribution is 2.78. The molecule has 5 saturated heterocycles. The second-order valence-corrected chi connectivity index (χ2v) is 12.0. The van der Waals surface area contributed by atoms with E-state index in [2.05, 4.69) is 0 Å². The van der Waals surface area contributed by atoms with Gasteiger partial charge < -0.3 is 28.1 Å². The van der Waals surface area contributed by atoms with E-state index in [0.717, 1.165) is 0 Å². The molecule has 1 saturated carbocycles. The Morgan fingerprint density at radius 2 is 1.74 bits per heavy atom. The first-order valence-corrected chi connectivity index (χ1v) is 12.2. The van der Waals surface area contributed by atoms with Crippen LogP contribution in [-0.2, 0) is 38.1 Å². The Hall–Kier alpha value is -2.81. The van der Waals surface area contributed by atoms with E-state index in [1.54, 1.807) is 19.3 Å². The van der Waals surface area contributed by atoms with Gasteiger partial charge in [-0.15, -0.1) is 0 Å². The van der Waals surface area contributed by atoms with Gasteiger partial charge in [-0.1, -0.05) is 6.92 Å². The Kier molecular flexibility index (Phi) is 3.54. The quantitative estimate of drug-likeness (QED) is 0.438. The summed E-state index contributed by atoms with van der Waals surface area (Å²) < 4.78 is 36.6. The maximum atomic E-state index is 14.2. The Morgan fingerprint density at radius 3 is 2.46 bits per heavy atom. The fraction of sp³-hybridized carbons (Fsp3) is 0.654. The SMILES string of the molecule is CC1(C)OC(=O)C=C2O[C@]3(C[C@@H]21)[C@@]12O[C@@]4(C)OC(=O)[C@]3(C)[C@H]4CC[C@]1(C)[C@@H](c1ccoc1)OC2=O. The van der Waals surface area contributed by atoms with E-state index < -0.39 is 57.4 Å². The number of furan rings is 1. The second-order valence-electron chi connectivity index (χ2n) is 12.0. The van der Waals surface area contributed by atoms with E-state index in [-0.39, 0.29) is 18.3 Å². The van der Waals surface area contributed by atoms with Gasteiger partial charge in [-0.05, 0) is 39.7 Å². The lowest BCUT2D eigenvalue weighted by atomic mass is 9.51. The van der Waals surface area contributed by atoms with Crippen LogP contribution in [0.2, 0.25) is 0 Å². The summed E-state index contributed by atoms with van der Waals surface area (Å²) in [6, 6.07) is 1.78. The van der Waals surface area contributed by atoms with Crippen LogP contribution >= 0.6 is 0 Å². The van der Waals surface area contributed by atoms with Crippen molar-refractivity contribution >= 4 is 17.9 Å². The number of carbonyl (C=O) groups is 3. The predicted octanol–water partition coefficient (Wildman–Crippen LogP) is 3.34. The molecule has 0 N–H and O–H groups in total. The zero-order valence-corrected chi connectivity index (χ0v) is 20.3. The standard InChI is InChI=1S/C26H28O9/c1-21(2)14-11-25(32-15(14)10-17(27)33-21)23(4)16-6-8-22(3)18(13-7-9-30-12-13)31-20(29)26(22,25)35-24(16,5)34-19(23)28/h7,9-10,12,14,16,18H,6,8,11H2,1-5H3/t14-,16+,18+,22+,23-,24+,25-,26-/m0/s1. The number of esters is 3. The topological polar surface area (TPSA) is 110 Å². The van der Waals surface area contributed by atoms with Crippen molar-refractivity contribution in [3.63, 3.8) is 0 Å². The van der Waals surface area contributed by atoms with Crippen molar-refractivity contribution in [2.45, 2.75) is 82.6 Å². The highest BCUT2D eigenvalue weighted by atomic mass is 16.8. The monoisotopic (exact) mass is 484 g/mol. The number of hydrogen-bond acceptors (Lipinski definition) is 9. The van der Waals surface area contributed by atoms with E-state index in [0.29, 0.717) is 24.2 Å². The molecule has 1 aliphatic carbocycles. The predicted molar refractivity (Wildman–Crippen MR) is 115 cm³/mol. The molecule has 9 nitrogen and oxygen atoms in total. The fourth-order valence-electron chi connectivity index (χ4n) is 8.43. The molecule has 7 aliphatic rings. The number of fused-ring (bicyclic) bond motifs is 2. The minimum atomic E-state index is -1.68. The van der Waals surface area contributed by atoms with Gasteiger partial charge in [0.15, 0.2) is 5.60 Å². The largest absolute Gasteiger partial charge is 0.486 e. The van der Waals surface area contributed by atoms with Crippen LogP contribution in [0.4, 0.5) is 0 Å². The number of cyclic esters (lactones) is 2. The van der Waals surface area contributed by atoms with Gasteiger partial charge in [0.1, 0.15) is 22.9 Å². The molecular weight excluding hydrogens is 456 g/mol. The summed E-state index contributed by atoms with van der Waals surface area (Å²) >= 11 is 0. The summed E-state index contributed by atoms with van der Waals surface area (Å²) in [4.78, 5) is 40.4. The fourth-order valence-corrected chi connectivity index (χ4v) is 8.43. The zero-order valence-electron chi connectivity index (χ0n) is 20.3. The van der Waals surface area contributed by atoms with Crippen molar-refractivity contribution in [3.8, 4) is 0 Å². The molecule has 0 amide bonds. The van der Waals surface area contributed by atoms with Crippen molar-refractivity contribution in [1.29, 1.82) is 0 Å². The van der Waals surface area contributed by atoms with Gasteiger partial charge in [-0.2, -0.15) is 0 Å². The smallest absolute Gasteiger partial charge is 0.344 e. The highest BCUT2D eigenvalue weighted by molar-refractivity contribution is 5.92. The lowest BCUT2D eigenvalue weighted by Crippen LogP contribution is -2.77. The van der Waals surface area contributed by atoms with E-state index >= 15 is 0 Å². The molecule has 7 heterocycles. The van der Waals surface area contributed by atoms with Crippen LogP contribution in [0, 0.1) is 22.7 Å². The lowest BCUT2D eigenvalue weighted by molar-refractivity contribution is -0.349. The Balaban J connectivity index is 1.53. The van der Waals surface area contributed by atoms with Crippen molar-refractivity contribution in [3.05, 3.63) is 36.0 Å². The zero-order chi connectivity index (χ0) is 24.8. The average molecular weight is 485 g/mol. The molecule has 6 fully saturated rings. The molecule has 186 valence electrons. The molecule has 4 bridgehead atoms. The van der Waals surface area contributed by atoms with Crippen LogP contribution in [0.1, 0.15) is 65.5 Å². The molecule has 6 aliphatic heterocycles. The van der Waals surface area contributed by atoms with Crippen LogP contribution in [-0.4, -0.2) is 40.5 Å². The van der Waals surface area contributed by atoms with Gasteiger partial charge in [-0.25, -0.2) is 9.59 Å². The number of rotatable bonds is 1. The van der Waals surface area contributed by atoms with E-state index in [1.165, 1.54) is 12.3 Å². The van der Waals surface area contributed by atoms with Gasteiger partial charge in [0, 0.05) is 24.8 Å². The van der Waals surface area contributed by atoms with Crippen LogP contribution in [0.3, 0.4) is 0 Å². The third-order valence-electron chi connectivity index (χ3n) is 10.1. The van der Waals surface area contributed by atoms with E-state index in [1.807, 2.05) is 27.7 Å². The van der Waals surface area contributed by atoms with Gasteiger partial charge in [0.25, 0.3) is 0 Å². The normalized spacial score (nSPS) is 50.6. The summed E-state index contributed by atoms with van der Waals surface area (Å²) in [5, 5.41) is 0. The van der Waals surface area contributed by atoms with Gasteiger partial charge in [-0.3, -0.25) is 4.79 Å². The number of ether oxygens (including phenoxy) is 5. The Bertz CT molecular complexity index is 1230. The lowest BCUT2D eigenvalue weighted by Gasteiger charge is -2.58. The maximum Gasteiger partial charge on any atom is 0.344 e. The maximum absolute atomic E-state index is 14.2. The molecule has 2 spiro atoms. The first kappa shape index (κ1) is 21.5. The van der Waals surface area contributed by atoms with Crippen LogP contribution in [0.15, 0.2) is 34.8 Å². The summed E-state index contributed by atoms with van der Waals surface area (Å²) in [6.07, 6.45) is 5.10. The molecule has 8 atom stereocenters. The first-order chi connectivity index (χ1) is 16.3. The molecule has 0 radical (unpaired) electrons. The highest BCUT2D eigenvalue weighted by Gasteiger charge is 2.93. The summed E-state index contributed by atoms with van der Waals surface area (Å²) in [5.74, 6) is -3.23. The van der Waals surface area contributed by atoms with Crippen LogP contribution in [0.5, 0.6) is 0 Å². The van der Waals surface area contributed by atoms with Crippen LogP contribution in [0.25, 0.3) is 0 Å². The molecule has 0 unspecified atom stereocenters. The van der Waals surface area contributed by atoms with Crippen molar-refractivity contribution in [1.82, 2.24) is 0 Å². The molecule has 0 aromatic carbocycles. The molecular formula is C26H28O9. The number of hydrogen-bond donors (Lipinski definition) is 0. The Labute approximate surface area is 202 Å². The second kappa shape index (κ2) is 5.77. The van der Waals surface area contributed by atoms with E-state index in [9.17, 15) is 14.4 Å². The van der Waals surface area contributed by atoms with Crippen LogP contribution < -0.4 is 0 Å². The molecule has 1 aromatic heterocycles. The van der Waals surface area contributed by atoms with Gasteiger partial charge >= 0.3 is 17.9 Å². The summed E-state index contributed by atoms with van der Waals surface area (Å²) in [5.41, 5.74) is -5.48. The number of carbonyl (C=O) groups excluding carboxylic acids is 3. The average Bonchev–Trinajstić information content (AvgIpc) is 3.46. The van der Waals surface area contributed by atoms with Gasteiger partial charge in [0.2, 0.25) is 11.4 Å². The third-order valence-corrected chi connectivity index (χ3v) is 10.1. The molecule has 8 rings (SSSR count). The van der Waals surface area contributed by atoms with Crippen molar-refractivity contribution in [2.24, 2.45) is 22.7 Å². The molecule has 1 aromatic rings. The van der Waals surface area contributed by atoms with Crippen molar-refractivity contribution in [2.75, 3.05) is 0 Å². The Morgan fingerprint density at radius 1 is 0.971 bits per heavy atom. The third kappa shape index (κ3) is 2.00. The minimum absolute atomic E-state index is 0.236. The summed E-state index contributed by atoms with van der Waals surface area (Å²) in [6.45, 7) is 9.16. The van der Waals surface area contributed by atoms with Gasteiger partial charge in [0.05, 0.1) is 29.9 Å². The van der Waals surface area contributed by atoms with Crippen molar-refractivity contribution < 1.29 is 42.5 Å². The first-order valence-electron chi connectivity index (χ1n) is 12.2.